The number of H-pyrrole nitrogens is 4. The van der Waals surface area contributed by atoms with Crippen LogP contribution in [0.2, 0.25) is 15.1 Å². The molecule has 18 heteroatoms. The van der Waals surface area contributed by atoms with Crippen LogP contribution in [0.15, 0.2) is 145 Å². The molecule has 0 aliphatic carbocycles. The largest absolute Gasteiger partial charge is 0.611 e. The molecule has 4 heterocycles. The predicted molar refractivity (Wildman–Crippen MR) is 238 cm³/mol. The average molecular weight is 908 g/mol. The van der Waals surface area contributed by atoms with Crippen molar-refractivity contribution in [2.75, 3.05) is 10.6 Å². The number of benzene rings is 4. The first-order valence-corrected chi connectivity index (χ1v) is 21.2. The summed E-state index contributed by atoms with van der Waals surface area (Å²) in [7, 11) is 0. The molecular formula is C43H43Cl3F2N10O2S. The van der Waals surface area contributed by atoms with Crippen molar-refractivity contribution >= 4 is 57.9 Å². The summed E-state index contributed by atoms with van der Waals surface area (Å²) in [5.41, 5.74) is 2.35. The van der Waals surface area contributed by atoms with Gasteiger partial charge in [0.25, 0.3) is 0 Å². The number of ether oxygens (including phenoxy) is 1. The SMILES string of the molecule is CC(Nc1ncc[nH]1)c1ccccc1Cl.CCC(Nc1ncc[nH]1)c1ccccc1.Fc1cccc(OCc2ncc[nH]2)c1F.[O-][S+](Cc1ncc[nH]1)c1cccc(Cl)c1Cl. The molecule has 0 bridgehead atoms. The van der Waals surface area contributed by atoms with Gasteiger partial charge >= 0.3 is 0 Å². The molecule has 8 rings (SSSR count). The molecule has 4 aromatic heterocycles. The Kier molecular flexibility index (Phi) is 18.5. The van der Waals surface area contributed by atoms with Crippen LogP contribution in [-0.2, 0) is 23.5 Å². The van der Waals surface area contributed by atoms with Gasteiger partial charge < -0.3 is 39.9 Å². The van der Waals surface area contributed by atoms with Crippen molar-refractivity contribution in [3.05, 3.63) is 190 Å². The van der Waals surface area contributed by atoms with E-state index in [0.717, 1.165) is 35.0 Å². The highest BCUT2D eigenvalue weighted by Crippen LogP contribution is 2.30. The highest BCUT2D eigenvalue weighted by Gasteiger charge is 2.19. The third kappa shape index (κ3) is 14.7. The fourth-order valence-electron chi connectivity index (χ4n) is 5.43. The van der Waals surface area contributed by atoms with Crippen molar-refractivity contribution in [1.29, 1.82) is 0 Å². The number of hydrogen-bond donors (Lipinski definition) is 6. The summed E-state index contributed by atoms with van der Waals surface area (Å²) in [5.74, 6) is 1.07. The Balaban J connectivity index is 0.000000154. The number of nitrogens with zero attached hydrogens (tertiary/aromatic N) is 4. The molecule has 318 valence electrons. The van der Waals surface area contributed by atoms with E-state index >= 15 is 0 Å². The van der Waals surface area contributed by atoms with Crippen LogP contribution in [0.25, 0.3) is 0 Å². The topological polar surface area (TPSA) is 171 Å². The summed E-state index contributed by atoms with van der Waals surface area (Å²) in [6, 6.07) is 27.5. The number of anilines is 2. The highest BCUT2D eigenvalue weighted by molar-refractivity contribution is 7.90. The fourth-order valence-corrected chi connectivity index (χ4v) is 7.44. The highest BCUT2D eigenvalue weighted by atomic mass is 35.5. The smallest absolute Gasteiger partial charge is 0.200 e. The standard InChI is InChI=1S/C12H15N3.C11H12ClN3.C10H8Cl2N2OS.C10H8F2N2O/c1-2-11(10-6-4-3-5-7-10)15-12-13-8-9-14-12;1-8(15-11-13-6-7-14-11)9-4-2-3-5-10(9)12;11-7-2-1-3-8(10(7)12)16(15)6-9-13-4-5-14-9;11-7-2-1-3-8(10(7)12)15-6-9-13-4-5-14-9/h3-9,11H,2H2,1H3,(H2,13,14,15);2-8H,1H3,(H2,13,14,15);1-5H,6H2,(H,13,14);1-5H,6H2,(H,13,14). The second-order valence-corrected chi connectivity index (χ2v) is 15.3. The van der Waals surface area contributed by atoms with Crippen molar-refractivity contribution in [3.8, 4) is 5.75 Å². The van der Waals surface area contributed by atoms with Crippen molar-refractivity contribution in [2.24, 2.45) is 0 Å². The zero-order valence-electron chi connectivity index (χ0n) is 33.0. The zero-order chi connectivity index (χ0) is 43.4. The first-order valence-electron chi connectivity index (χ1n) is 18.8. The Hall–Kier alpha value is -5.84. The molecule has 0 aliphatic heterocycles. The minimum absolute atomic E-state index is 0.0768. The van der Waals surface area contributed by atoms with Crippen LogP contribution < -0.4 is 15.4 Å². The molecule has 0 saturated heterocycles. The monoisotopic (exact) mass is 906 g/mol. The zero-order valence-corrected chi connectivity index (χ0v) is 36.0. The van der Waals surface area contributed by atoms with Crippen molar-refractivity contribution in [1.82, 2.24) is 39.9 Å². The fraction of sp³-hybridized carbons (Fsp3) is 0.163. The van der Waals surface area contributed by atoms with Crippen LogP contribution in [0.4, 0.5) is 20.7 Å². The quantitative estimate of drug-likeness (QED) is 0.0621. The third-order valence-electron chi connectivity index (χ3n) is 8.46. The average Bonchev–Trinajstić information content (AvgIpc) is 4.14. The van der Waals surface area contributed by atoms with E-state index in [2.05, 4.69) is 81.7 Å². The molecule has 3 unspecified atom stereocenters. The number of aromatic amines is 4. The van der Waals surface area contributed by atoms with Crippen LogP contribution in [0.1, 0.15) is 55.1 Å². The maximum absolute atomic E-state index is 13.1. The molecule has 6 N–H and O–H groups in total. The number of nitrogens with one attached hydrogen (secondary N) is 6. The van der Waals surface area contributed by atoms with Gasteiger partial charge in [-0.2, -0.15) is 4.39 Å². The van der Waals surface area contributed by atoms with Crippen LogP contribution in [0.5, 0.6) is 5.75 Å². The van der Waals surface area contributed by atoms with Crippen LogP contribution in [0.3, 0.4) is 0 Å². The van der Waals surface area contributed by atoms with Gasteiger partial charge in [0.05, 0.1) is 17.1 Å². The van der Waals surface area contributed by atoms with Gasteiger partial charge in [0.15, 0.2) is 28.0 Å². The van der Waals surface area contributed by atoms with Gasteiger partial charge in [0.1, 0.15) is 17.5 Å². The van der Waals surface area contributed by atoms with Crippen molar-refractivity contribution in [3.63, 3.8) is 0 Å². The van der Waals surface area contributed by atoms with Gasteiger partial charge in [-0.15, -0.1) is 0 Å². The molecule has 0 amide bonds. The summed E-state index contributed by atoms with van der Waals surface area (Å²) in [6.07, 6.45) is 14.6. The molecule has 0 spiro atoms. The minimum atomic E-state index is -1.24. The van der Waals surface area contributed by atoms with Gasteiger partial charge in [-0.3, -0.25) is 0 Å². The summed E-state index contributed by atoms with van der Waals surface area (Å²) in [6.45, 7) is 4.28. The molecular weight excluding hydrogens is 865 g/mol. The minimum Gasteiger partial charge on any atom is -0.611 e. The Morgan fingerprint density at radius 3 is 1.90 bits per heavy atom. The number of halogens is 5. The number of hydrogen-bond acceptors (Lipinski definition) is 8. The van der Waals surface area contributed by atoms with E-state index in [1.54, 1.807) is 61.6 Å². The summed E-state index contributed by atoms with van der Waals surface area (Å²) in [4.78, 5) is 28.4. The van der Waals surface area contributed by atoms with Gasteiger partial charge in [-0.1, -0.05) is 102 Å². The van der Waals surface area contributed by atoms with Crippen molar-refractivity contribution < 1.29 is 18.1 Å². The number of rotatable bonds is 13. The number of aromatic nitrogens is 8. The van der Waals surface area contributed by atoms with E-state index in [-0.39, 0.29) is 18.4 Å². The van der Waals surface area contributed by atoms with Crippen LogP contribution >= 0.6 is 34.8 Å². The molecule has 0 fully saturated rings. The molecule has 0 radical (unpaired) electrons. The van der Waals surface area contributed by atoms with E-state index in [9.17, 15) is 13.3 Å². The molecule has 3 atom stereocenters. The second kappa shape index (κ2) is 24.4. The van der Waals surface area contributed by atoms with Gasteiger partial charge in [0.2, 0.25) is 17.7 Å². The van der Waals surface area contributed by atoms with Crippen molar-refractivity contribution in [2.45, 2.75) is 49.6 Å². The van der Waals surface area contributed by atoms with E-state index in [0.29, 0.717) is 38.4 Å². The van der Waals surface area contributed by atoms with Gasteiger partial charge in [-0.25, -0.2) is 24.3 Å². The first-order chi connectivity index (χ1) is 29.6. The maximum atomic E-state index is 13.1. The molecule has 0 saturated carbocycles. The summed E-state index contributed by atoms with van der Waals surface area (Å²) < 4.78 is 42.9. The van der Waals surface area contributed by atoms with E-state index in [4.69, 9.17) is 39.5 Å². The lowest BCUT2D eigenvalue weighted by molar-refractivity contribution is 0.277. The van der Waals surface area contributed by atoms with Gasteiger partial charge in [0, 0.05) is 54.6 Å². The Labute approximate surface area is 370 Å². The molecule has 0 aliphatic rings. The molecule has 8 aromatic rings. The van der Waals surface area contributed by atoms with Crippen LogP contribution in [0, 0.1) is 11.6 Å². The molecule has 61 heavy (non-hydrogen) atoms. The predicted octanol–water partition coefficient (Wildman–Crippen LogP) is 11.5. The normalized spacial score (nSPS) is 11.9. The Morgan fingerprint density at radius 1 is 0.689 bits per heavy atom. The second-order valence-electron chi connectivity index (χ2n) is 12.7. The maximum Gasteiger partial charge on any atom is 0.200 e. The lowest BCUT2D eigenvalue weighted by Crippen LogP contribution is -2.10. The lowest BCUT2D eigenvalue weighted by Gasteiger charge is -2.16. The number of imidazole rings is 4. The summed E-state index contributed by atoms with van der Waals surface area (Å²) in [5, 5.41) is 8.10. The van der Waals surface area contributed by atoms with E-state index < -0.39 is 22.8 Å². The molecule has 12 nitrogen and oxygen atoms in total. The van der Waals surface area contributed by atoms with E-state index in [1.165, 1.54) is 17.7 Å². The van der Waals surface area contributed by atoms with Crippen LogP contribution in [-0.4, -0.2) is 44.4 Å². The molecule has 4 aromatic carbocycles. The lowest BCUT2D eigenvalue weighted by atomic mass is 10.1. The Morgan fingerprint density at radius 2 is 1.28 bits per heavy atom. The van der Waals surface area contributed by atoms with E-state index in [1.807, 2.05) is 43.5 Å². The van der Waals surface area contributed by atoms with Gasteiger partial charge in [-0.05, 0) is 66.0 Å². The third-order valence-corrected chi connectivity index (χ3v) is 11.1. The Bertz CT molecular complexity index is 2410. The summed E-state index contributed by atoms with van der Waals surface area (Å²) >= 11 is 16.7. The first kappa shape index (κ1) is 46.2.